The van der Waals surface area contributed by atoms with E-state index >= 15 is 0 Å². The van der Waals surface area contributed by atoms with Gasteiger partial charge in [-0.25, -0.2) is 4.39 Å². The van der Waals surface area contributed by atoms with Gasteiger partial charge in [-0.2, -0.15) is 0 Å². The summed E-state index contributed by atoms with van der Waals surface area (Å²) < 4.78 is 24.7. The number of ether oxygens (including phenoxy) is 2. The molecular formula is C16H24FNO2. The summed E-state index contributed by atoms with van der Waals surface area (Å²) >= 11 is 0. The highest BCUT2D eigenvalue weighted by Gasteiger charge is 2.21. The average molecular weight is 281 g/mol. The van der Waals surface area contributed by atoms with Crippen molar-refractivity contribution in [1.82, 2.24) is 5.32 Å². The van der Waals surface area contributed by atoms with E-state index in [-0.39, 0.29) is 11.9 Å². The van der Waals surface area contributed by atoms with Crippen LogP contribution in [0.4, 0.5) is 4.39 Å². The van der Waals surface area contributed by atoms with E-state index < -0.39 is 0 Å². The van der Waals surface area contributed by atoms with E-state index in [0.717, 1.165) is 32.6 Å². The lowest BCUT2D eigenvalue weighted by Gasteiger charge is -2.21. The average Bonchev–Trinajstić information content (AvgIpc) is 2.94. The topological polar surface area (TPSA) is 30.5 Å². The highest BCUT2D eigenvalue weighted by Crippen LogP contribution is 2.24. The Kier molecular flexibility index (Phi) is 5.80. The Morgan fingerprint density at radius 2 is 2.35 bits per heavy atom. The van der Waals surface area contributed by atoms with Crippen molar-refractivity contribution in [1.29, 1.82) is 0 Å². The van der Waals surface area contributed by atoms with Gasteiger partial charge in [0.05, 0.1) is 7.11 Å². The van der Waals surface area contributed by atoms with Crippen LogP contribution in [-0.4, -0.2) is 32.9 Å². The standard InChI is InChI=1S/C16H24FNO2/c1-3-18-14(9-12-7-8-20-11-12)10-13-5-4-6-15(19-2)16(13)17/h4-6,12,14,18H,3,7-11H2,1-2H3. The minimum absolute atomic E-state index is 0.236. The van der Waals surface area contributed by atoms with Crippen LogP contribution in [0.15, 0.2) is 18.2 Å². The molecule has 0 aliphatic carbocycles. The molecule has 1 aliphatic heterocycles. The number of hydrogen-bond donors (Lipinski definition) is 1. The molecule has 4 heteroatoms. The molecular weight excluding hydrogens is 257 g/mol. The summed E-state index contributed by atoms with van der Waals surface area (Å²) in [4.78, 5) is 0. The fourth-order valence-electron chi connectivity index (χ4n) is 2.84. The number of rotatable bonds is 7. The third-order valence-electron chi connectivity index (χ3n) is 3.86. The first kappa shape index (κ1) is 15.3. The molecule has 1 aromatic rings. The molecule has 0 amide bonds. The first-order valence-corrected chi connectivity index (χ1v) is 7.37. The van der Waals surface area contributed by atoms with Crippen LogP contribution < -0.4 is 10.1 Å². The van der Waals surface area contributed by atoms with Crippen LogP contribution in [0.3, 0.4) is 0 Å². The van der Waals surface area contributed by atoms with Crippen LogP contribution in [0.5, 0.6) is 5.75 Å². The lowest BCUT2D eigenvalue weighted by Crippen LogP contribution is -2.33. The maximum Gasteiger partial charge on any atom is 0.168 e. The van der Waals surface area contributed by atoms with Gasteiger partial charge in [0, 0.05) is 19.3 Å². The lowest BCUT2D eigenvalue weighted by molar-refractivity contribution is 0.181. The van der Waals surface area contributed by atoms with Crippen molar-refractivity contribution in [2.45, 2.75) is 32.2 Å². The number of nitrogens with one attached hydrogen (secondary N) is 1. The molecule has 0 saturated carbocycles. The van der Waals surface area contributed by atoms with Gasteiger partial charge in [-0.1, -0.05) is 19.1 Å². The molecule has 1 aromatic carbocycles. The predicted molar refractivity (Wildman–Crippen MR) is 77.7 cm³/mol. The Balaban J connectivity index is 2.03. The smallest absolute Gasteiger partial charge is 0.168 e. The molecule has 0 radical (unpaired) electrons. The van der Waals surface area contributed by atoms with Gasteiger partial charge >= 0.3 is 0 Å². The second-order valence-corrected chi connectivity index (χ2v) is 5.36. The summed E-state index contributed by atoms with van der Waals surface area (Å²) in [5, 5.41) is 3.46. The Hall–Kier alpha value is -1.13. The largest absolute Gasteiger partial charge is 0.494 e. The van der Waals surface area contributed by atoms with Gasteiger partial charge in [0.2, 0.25) is 0 Å². The second kappa shape index (κ2) is 7.60. The number of likely N-dealkylation sites (N-methyl/N-ethyl adjacent to an activating group) is 1. The SMILES string of the molecule is CCNC(Cc1cccc(OC)c1F)CC1CCOC1. The van der Waals surface area contributed by atoms with Crippen LogP contribution in [0, 0.1) is 11.7 Å². The van der Waals surface area contributed by atoms with Crippen molar-refractivity contribution in [3.63, 3.8) is 0 Å². The summed E-state index contributed by atoms with van der Waals surface area (Å²) in [5.41, 5.74) is 0.717. The van der Waals surface area contributed by atoms with Crippen LogP contribution in [0.1, 0.15) is 25.3 Å². The zero-order chi connectivity index (χ0) is 14.4. The van der Waals surface area contributed by atoms with Gasteiger partial charge < -0.3 is 14.8 Å². The van der Waals surface area contributed by atoms with Crippen LogP contribution in [-0.2, 0) is 11.2 Å². The Morgan fingerprint density at radius 3 is 3.00 bits per heavy atom. The van der Waals surface area contributed by atoms with E-state index in [9.17, 15) is 4.39 Å². The summed E-state index contributed by atoms with van der Waals surface area (Å²) in [6.45, 7) is 4.67. The van der Waals surface area contributed by atoms with Gasteiger partial charge in [-0.05, 0) is 43.4 Å². The van der Waals surface area contributed by atoms with Crippen molar-refractivity contribution in [3.05, 3.63) is 29.6 Å². The first-order chi connectivity index (χ1) is 9.74. The predicted octanol–water partition coefficient (Wildman–Crippen LogP) is 2.78. The van der Waals surface area contributed by atoms with Crippen molar-refractivity contribution < 1.29 is 13.9 Å². The minimum atomic E-state index is -0.236. The maximum atomic E-state index is 14.2. The van der Waals surface area contributed by atoms with E-state index in [2.05, 4.69) is 12.2 Å². The molecule has 20 heavy (non-hydrogen) atoms. The molecule has 1 N–H and O–H groups in total. The normalized spacial score (nSPS) is 20.1. The van der Waals surface area contributed by atoms with E-state index in [4.69, 9.17) is 9.47 Å². The van der Waals surface area contributed by atoms with Crippen LogP contribution >= 0.6 is 0 Å². The summed E-state index contributed by atoms with van der Waals surface area (Å²) in [6, 6.07) is 5.63. The number of benzene rings is 1. The molecule has 1 aliphatic rings. The third-order valence-corrected chi connectivity index (χ3v) is 3.86. The molecule has 112 valence electrons. The van der Waals surface area contributed by atoms with E-state index in [1.54, 1.807) is 6.07 Å². The molecule has 0 spiro atoms. The maximum absolute atomic E-state index is 14.2. The Bertz CT molecular complexity index is 419. The van der Waals surface area contributed by atoms with Crippen molar-refractivity contribution in [2.75, 3.05) is 26.9 Å². The summed E-state index contributed by atoms with van der Waals surface area (Å²) in [6.07, 6.45) is 2.83. The monoisotopic (exact) mass is 281 g/mol. The quantitative estimate of drug-likeness (QED) is 0.833. The Morgan fingerprint density at radius 1 is 1.50 bits per heavy atom. The highest BCUT2D eigenvalue weighted by atomic mass is 19.1. The van der Waals surface area contributed by atoms with Crippen LogP contribution in [0.2, 0.25) is 0 Å². The van der Waals surface area contributed by atoms with Gasteiger partial charge in [0.15, 0.2) is 11.6 Å². The first-order valence-electron chi connectivity index (χ1n) is 7.37. The molecule has 2 atom stereocenters. The summed E-state index contributed by atoms with van der Waals surface area (Å²) in [7, 11) is 1.50. The fourth-order valence-corrected chi connectivity index (χ4v) is 2.84. The minimum Gasteiger partial charge on any atom is -0.494 e. The molecule has 1 saturated heterocycles. The zero-order valence-electron chi connectivity index (χ0n) is 12.3. The molecule has 0 aromatic heterocycles. The van der Waals surface area contributed by atoms with Crippen LogP contribution in [0.25, 0.3) is 0 Å². The number of hydrogen-bond acceptors (Lipinski definition) is 3. The Labute approximate surface area is 120 Å². The second-order valence-electron chi connectivity index (χ2n) is 5.36. The molecule has 0 bridgehead atoms. The molecule has 2 unspecified atom stereocenters. The summed E-state index contributed by atoms with van der Waals surface area (Å²) in [5.74, 6) is 0.676. The lowest BCUT2D eigenvalue weighted by atomic mass is 9.94. The highest BCUT2D eigenvalue weighted by molar-refractivity contribution is 5.31. The van der Waals surface area contributed by atoms with Crippen molar-refractivity contribution >= 4 is 0 Å². The zero-order valence-corrected chi connectivity index (χ0v) is 12.3. The van der Waals surface area contributed by atoms with E-state index in [1.807, 2.05) is 12.1 Å². The van der Waals surface area contributed by atoms with Gasteiger partial charge in [-0.3, -0.25) is 0 Å². The van der Waals surface area contributed by atoms with Crippen molar-refractivity contribution in [2.24, 2.45) is 5.92 Å². The van der Waals surface area contributed by atoms with Crippen molar-refractivity contribution in [3.8, 4) is 5.75 Å². The number of halogens is 1. The van der Waals surface area contributed by atoms with Gasteiger partial charge in [-0.15, -0.1) is 0 Å². The number of methoxy groups -OCH3 is 1. The third kappa shape index (κ3) is 3.93. The molecule has 1 fully saturated rings. The molecule has 2 rings (SSSR count). The van der Waals surface area contributed by atoms with E-state index in [1.165, 1.54) is 7.11 Å². The van der Waals surface area contributed by atoms with Gasteiger partial charge in [0.25, 0.3) is 0 Å². The molecule has 1 heterocycles. The fraction of sp³-hybridized carbons (Fsp3) is 0.625. The van der Waals surface area contributed by atoms with E-state index in [0.29, 0.717) is 23.7 Å². The van der Waals surface area contributed by atoms with Gasteiger partial charge in [0.1, 0.15) is 0 Å². The molecule has 3 nitrogen and oxygen atoms in total.